The Labute approximate surface area is 125 Å². The highest BCUT2D eigenvalue weighted by Crippen LogP contribution is 2.30. The first kappa shape index (κ1) is 13.9. The van der Waals surface area contributed by atoms with Crippen molar-refractivity contribution in [2.45, 2.75) is 6.10 Å². The minimum Gasteiger partial charge on any atom is -0.486 e. The predicted octanol–water partition coefficient (Wildman–Crippen LogP) is 1.22. The number of fused-ring (bicyclic) bond motifs is 1. The number of nitrogens with zero attached hydrogens (tertiary/aromatic N) is 3. The Hall–Kier alpha value is -3.10. The van der Waals surface area contributed by atoms with E-state index in [1.807, 2.05) is 24.3 Å². The maximum absolute atomic E-state index is 10.6. The molecule has 1 atom stereocenters. The number of benzene rings is 1. The normalized spacial score (nSPS) is 16.1. The van der Waals surface area contributed by atoms with E-state index in [1.165, 1.54) is 0 Å². The molecule has 3 N–H and O–H groups in total. The molecule has 0 saturated heterocycles. The van der Waals surface area contributed by atoms with E-state index in [1.54, 1.807) is 0 Å². The van der Waals surface area contributed by atoms with Crippen molar-refractivity contribution in [2.75, 3.05) is 24.2 Å². The van der Waals surface area contributed by atoms with Crippen molar-refractivity contribution in [3.63, 3.8) is 0 Å². The van der Waals surface area contributed by atoms with E-state index >= 15 is 0 Å². The summed E-state index contributed by atoms with van der Waals surface area (Å²) < 4.78 is 11.3. The van der Waals surface area contributed by atoms with Crippen LogP contribution in [0.4, 0.5) is 17.5 Å². The second kappa shape index (κ2) is 5.72. The van der Waals surface area contributed by atoms with Crippen molar-refractivity contribution in [2.24, 2.45) is 0 Å². The molecule has 22 heavy (non-hydrogen) atoms. The number of aromatic nitrogens is 2. The number of nitro groups is 1. The van der Waals surface area contributed by atoms with Gasteiger partial charge in [-0.3, -0.25) is 10.1 Å². The van der Waals surface area contributed by atoms with Gasteiger partial charge in [0.05, 0.1) is 11.5 Å². The summed E-state index contributed by atoms with van der Waals surface area (Å²) in [4.78, 5) is 17.7. The fourth-order valence-corrected chi connectivity index (χ4v) is 1.98. The van der Waals surface area contributed by atoms with Gasteiger partial charge < -0.3 is 20.5 Å². The second-order valence-corrected chi connectivity index (χ2v) is 4.60. The molecule has 114 valence electrons. The molecule has 1 aromatic heterocycles. The number of hydrogen-bond acceptors (Lipinski definition) is 8. The van der Waals surface area contributed by atoms with Crippen LogP contribution in [0.15, 0.2) is 30.5 Å². The quantitative estimate of drug-likeness (QED) is 0.637. The molecule has 0 radical (unpaired) electrons. The van der Waals surface area contributed by atoms with Crippen LogP contribution in [0.5, 0.6) is 11.5 Å². The topological polar surface area (TPSA) is 125 Å². The van der Waals surface area contributed by atoms with Gasteiger partial charge in [0, 0.05) is 0 Å². The lowest BCUT2D eigenvalue weighted by Crippen LogP contribution is -2.35. The Kier molecular flexibility index (Phi) is 3.60. The lowest BCUT2D eigenvalue weighted by Gasteiger charge is -2.26. The fourth-order valence-electron chi connectivity index (χ4n) is 1.98. The van der Waals surface area contributed by atoms with E-state index in [0.29, 0.717) is 24.7 Å². The minimum atomic E-state index is -0.631. The van der Waals surface area contributed by atoms with Crippen molar-refractivity contribution < 1.29 is 14.4 Å². The number of rotatable bonds is 4. The first-order valence-corrected chi connectivity index (χ1v) is 6.53. The van der Waals surface area contributed by atoms with Gasteiger partial charge in [-0.05, 0) is 12.1 Å². The first-order chi connectivity index (χ1) is 10.6. The summed E-state index contributed by atoms with van der Waals surface area (Å²) in [6.45, 7) is 0.762. The van der Waals surface area contributed by atoms with Crippen LogP contribution in [-0.4, -0.2) is 34.1 Å². The van der Waals surface area contributed by atoms with Crippen molar-refractivity contribution in [3.8, 4) is 11.5 Å². The van der Waals surface area contributed by atoms with Crippen molar-refractivity contribution in [1.82, 2.24) is 9.97 Å². The highest BCUT2D eigenvalue weighted by Gasteiger charge is 2.21. The maximum atomic E-state index is 10.6. The average molecular weight is 303 g/mol. The van der Waals surface area contributed by atoms with E-state index in [0.717, 1.165) is 6.20 Å². The van der Waals surface area contributed by atoms with Gasteiger partial charge in [-0.2, -0.15) is 4.98 Å². The Bertz CT molecular complexity index is 709. The molecule has 1 aromatic carbocycles. The van der Waals surface area contributed by atoms with Crippen LogP contribution in [0, 0.1) is 10.1 Å². The minimum absolute atomic E-state index is 0.186. The third kappa shape index (κ3) is 2.82. The molecule has 0 saturated carbocycles. The van der Waals surface area contributed by atoms with Gasteiger partial charge in [-0.15, -0.1) is 0 Å². The van der Waals surface area contributed by atoms with Crippen LogP contribution in [0.1, 0.15) is 0 Å². The molecule has 0 amide bonds. The third-order valence-corrected chi connectivity index (χ3v) is 3.05. The summed E-state index contributed by atoms with van der Waals surface area (Å²) in [5.74, 6) is 1.39. The SMILES string of the molecule is Nc1nc(NCC2COc3ccccc3O2)ncc1[N+](=O)[O-]. The molecule has 0 bridgehead atoms. The number of ether oxygens (including phenoxy) is 2. The summed E-state index contributed by atoms with van der Waals surface area (Å²) in [5, 5.41) is 13.6. The Morgan fingerprint density at radius 3 is 2.91 bits per heavy atom. The van der Waals surface area contributed by atoms with Gasteiger partial charge in [0.1, 0.15) is 18.9 Å². The molecule has 2 heterocycles. The smallest absolute Gasteiger partial charge is 0.329 e. The number of nitrogens with two attached hydrogens (primary N) is 1. The van der Waals surface area contributed by atoms with Gasteiger partial charge >= 0.3 is 5.69 Å². The highest BCUT2D eigenvalue weighted by atomic mass is 16.6. The van der Waals surface area contributed by atoms with E-state index in [9.17, 15) is 10.1 Å². The van der Waals surface area contributed by atoms with Crippen LogP contribution in [0.2, 0.25) is 0 Å². The van der Waals surface area contributed by atoms with Gasteiger partial charge in [-0.1, -0.05) is 12.1 Å². The summed E-state index contributed by atoms with van der Waals surface area (Å²) in [6, 6.07) is 7.38. The zero-order valence-corrected chi connectivity index (χ0v) is 11.4. The average Bonchev–Trinajstić information content (AvgIpc) is 2.52. The summed E-state index contributed by atoms with van der Waals surface area (Å²) in [6.07, 6.45) is 0.841. The Morgan fingerprint density at radius 1 is 1.41 bits per heavy atom. The molecule has 1 unspecified atom stereocenters. The number of para-hydroxylation sites is 2. The molecular weight excluding hydrogens is 290 g/mol. The van der Waals surface area contributed by atoms with Crippen LogP contribution in [0.25, 0.3) is 0 Å². The molecule has 1 aliphatic rings. The van der Waals surface area contributed by atoms with Gasteiger partial charge in [0.15, 0.2) is 11.5 Å². The molecule has 0 aliphatic carbocycles. The van der Waals surface area contributed by atoms with Crippen molar-refractivity contribution in [3.05, 3.63) is 40.6 Å². The zero-order valence-electron chi connectivity index (χ0n) is 11.4. The molecule has 0 fully saturated rings. The molecule has 9 nitrogen and oxygen atoms in total. The number of anilines is 2. The Balaban J connectivity index is 1.62. The number of hydrogen-bond donors (Lipinski definition) is 2. The fraction of sp³-hybridized carbons (Fsp3) is 0.231. The highest BCUT2D eigenvalue weighted by molar-refractivity contribution is 5.53. The molecular formula is C13H13N5O4. The maximum Gasteiger partial charge on any atom is 0.329 e. The molecule has 3 rings (SSSR count). The van der Waals surface area contributed by atoms with Crippen LogP contribution in [-0.2, 0) is 0 Å². The van der Waals surface area contributed by atoms with Crippen LogP contribution in [0.3, 0.4) is 0 Å². The zero-order chi connectivity index (χ0) is 15.5. The second-order valence-electron chi connectivity index (χ2n) is 4.60. The van der Waals surface area contributed by atoms with Gasteiger partial charge in [0.25, 0.3) is 0 Å². The summed E-state index contributed by atoms with van der Waals surface area (Å²) in [5.41, 5.74) is 5.18. The van der Waals surface area contributed by atoms with Crippen molar-refractivity contribution >= 4 is 17.5 Å². The molecule has 0 spiro atoms. The van der Waals surface area contributed by atoms with Gasteiger partial charge in [0.2, 0.25) is 11.8 Å². The van der Waals surface area contributed by atoms with Crippen LogP contribution < -0.4 is 20.5 Å². The van der Waals surface area contributed by atoms with Crippen molar-refractivity contribution in [1.29, 1.82) is 0 Å². The lowest BCUT2D eigenvalue weighted by atomic mass is 10.2. The molecule has 1 aliphatic heterocycles. The predicted molar refractivity (Wildman–Crippen MR) is 77.9 cm³/mol. The summed E-state index contributed by atoms with van der Waals surface area (Å²) >= 11 is 0. The Morgan fingerprint density at radius 2 is 2.18 bits per heavy atom. The van der Waals surface area contributed by atoms with Gasteiger partial charge in [-0.25, -0.2) is 4.98 Å². The van der Waals surface area contributed by atoms with E-state index < -0.39 is 4.92 Å². The van der Waals surface area contributed by atoms with E-state index in [4.69, 9.17) is 15.2 Å². The lowest BCUT2D eigenvalue weighted by molar-refractivity contribution is -0.384. The van der Waals surface area contributed by atoms with E-state index in [2.05, 4.69) is 15.3 Å². The standard InChI is InChI=1S/C13H13N5O4/c14-12-9(18(19)20)6-16-13(17-12)15-5-8-7-21-10-3-1-2-4-11(10)22-8/h1-4,6,8H,5,7H2,(H3,14,15,16,17). The monoisotopic (exact) mass is 303 g/mol. The summed E-state index contributed by atoms with van der Waals surface area (Å²) in [7, 11) is 0. The largest absolute Gasteiger partial charge is 0.486 e. The van der Waals surface area contributed by atoms with Crippen LogP contribution >= 0.6 is 0 Å². The van der Waals surface area contributed by atoms with E-state index in [-0.39, 0.29) is 23.6 Å². The number of nitrogens with one attached hydrogen (secondary N) is 1. The molecule has 9 heteroatoms. The number of nitrogen functional groups attached to an aromatic ring is 1. The first-order valence-electron chi connectivity index (χ1n) is 6.53. The third-order valence-electron chi connectivity index (χ3n) is 3.05. The molecule has 2 aromatic rings.